The fraction of sp³-hybridized carbons (Fsp3) is 0.154. The monoisotopic (exact) mass is 480 g/mol. The second kappa shape index (κ2) is 8.93. The number of anilines is 1. The molecule has 33 heavy (non-hydrogen) atoms. The van der Waals surface area contributed by atoms with Crippen molar-refractivity contribution in [2.45, 2.75) is 20.8 Å². The van der Waals surface area contributed by atoms with Gasteiger partial charge >= 0.3 is 5.97 Å². The van der Waals surface area contributed by atoms with E-state index in [0.717, 1.165) is 22.6 Å². The predicted octanol–water partition coefficient (Wildman–Crippen LogP) is 6.28. The number of esters is 1. The van der Waals surface area contributed by atoms with Crippen LogP contribution in [-0.2, 0) is 14.3 Å². The van der Waals surface area contributed by atoms with E-state index in [1.165, 1.54) is 12.0 Å². The van der Waals surface area contributed by atoms with Crippen LogP contribution in [0.15, 0.2) is 71.4 Å². The number of hydrogen-bond acceptors (Lipinski definition) is 3. The average molecular weight is 481 g/mol. The van der Waals surface area contributed by atoms with Crippen LogP contribution in [0.5, 0.6) is 0 Å². The average Bonchev–Trinajstić information content (AvgIpc) is 3.20. The Balaban J connectivity index is 1.86. The molecule has 0 aliphatic carbocycles. The lowest BCUT2D eigenvalue weighted by Crippen LogP contribution is -2.24. The smallest absolute Gasteiger partial charge is 0.340 e. The number of para-hydroxylation sites is 1. The zero-order valence-corrected chi connectivity index (χ0v) is 20.2. The lowest BCUT2D eigenvalue weighted by molar-refractivity contribution is -0.136. The van der Waals surface area contributed by atoms with Crippen molar-refractivity contribution < 1.29 is 14.3 Å². The zero-order chi connectivity index (χ0) is 23.9. The second-order valence-electron chi connectivity index (χ2n) is 7.74. The molecule has 4 rings (SSSR count). The summed E-state index contributed by atoms with van der Waals surface area (Å²) in [5.41, 5.74) is 5.12. The van der Waals surface area contributed by atoms with E-state index in [2.05, 4.69) is 0 Å². The number of carbonyl (C=O) groups excluding carboxylic acids is 2. The first-order valence-electron chi connectivity index (χ1n) is 10.3. The highest BCUT2D eigenvalue weighted by Crippen LogP contribution is 2.36. The van der Waals surface area contributed by atoms with Gasteiger partial charge in [0.05, 0.1) is 29.0 Å². The van der Waals surface area contributed by atoms with Crippen molar-refractivity contribution >= 4 is 46.8 Å². The molecule has 0 atom stereocenters. The molecular weight excluding hydrogens is 459 g/mol. The van der Waals surface area contributed by atoms with Crippen LogP contribution in [0.25, 0.3) is 11.8 Å². The molecule has 2 heterocycles. The fourth-order valence-electron chi connectivity index (χ4n) is 4.19. The summed E-state index contributed by atoms with van der Waals surface area (Å²) in [6.07, 6.45) is 1.74. The molecule has 168 valence electrons. The molecule has 2 aromatic carbocycles. The number of aromatic nitrogens is 1. The first-order valence-corrected chi connectivity index (χ1v) is 11.0. The van der Waals surface area contributed by atoms with Gasteiger partial charge in [-0.3, -0.25) is 9.69 Å². The van der Waals surface area contributed by atoms with Gasteiger partial charge in [0.2, 0.25) is 0 Å². The number of halogens is 2. The van der Waals surface area contributed by atoms with Crippen LogP contribution in [0.3, 0.4) is 0 Å². The molecule has 1 aliphatic heterocycles. The maximum atomic E-state index is 13.5. The lowest BCUT2D eigenvalue weighted by atomic mass is 10.0. The van der Waals surface area contributed by atoms with Crippen LogP contribution in [-0.4, -0.2) is 23.6 Å². The van der Waals surface area contributed by atoms with E-state index >= 15 is 0 Å². The summed E-state index contributed by atoms with van der Waals surface area (Å²) in [5.74, 6) is -0.839. The molecule has 0 N–H and O–H groups in total. The predicted molar refractivity (Wildman–Crippen MR) is 132 cm³/mol. The van der Waals surface area contributed by atoms with E-state index in [4.69, 9.17) is 27.9 Å². The Morgan fingerprint density at radius 1 is 1.00 bits per heavy atom. The van der Waals surface area contributed by atoms with Gasteiger partial charge in [-0.05, 0) is 68.8 Å². The van der Waals surface area contributed by atoms with Gasteiger partial charge in [-0.15, -0.1) is 0 Å². The molecule has 0 spiro atoms. The van der Waals surface area contributed by atoms with Gasteiger partial charge in [0, 0.05) is 27.8 Å². The first-order chi connectivity index (χ1) is 15.7. The van der Waals surface area contributed by atoms with Gasteiger partial charge in [0.15, 0.2) is 0 Å². The van der Waals surface area contributed by atoms with Crippen molar-refractivity contribution in [1.29, 1.82) is 0 Å². The van der Waals surface area contributed by atoms with Gasteiger partial charge in [0.1, 0.15) is 0 Å². The van der Waals surface area contributed by atoms with Crippen molar-refractivity contribution in [3.63, 3.8) is 0 Å². The molecule has 0 bridgehead atoms. The quantitative estimate of drug-likeness (QED) is 0.326. The number of allylic oxidation sites excluding steroid dienone is 1. The fourth-order valence-corrected chi connectivity index (χ4v) is 4.68. The van der Waals surface area contributed by atoms with Crippen LogP contribution in [0.1, 0.15) is 23.9 Å². The molecule has 5 nitrogen and oxygen atoms in total. The van der Waals surface area contributed by atoms with E-state index in [1.54, 1.807) is 25.1 Å². The number of amides is 1. The maximum absolute atomic E-state index is 13.5. The summed E-state index contributed by atoms with van der Waals surface area (Å²) in [6, 6.07) is 16.5. The summed E-state index contributed by atoms with van der Waals surface area (Å²) in [6.45, 7) is 5.64. The van der Waals surface area contributed by atoms with Gasteiger partial charge in [-0.1, -0.05) is 41.4 Å². The number of aryl methyl sites for hydroxylation is 1. The highest BCUT2D eigenvalue weighted by Gasteiger charge is 2.38. The number of rotatable bonds is 4. The number of hydrogen-bond donors (Lipinski definition) is 0. The van der Waals surface area contributed by atoms with E-state index < -0.39 is 5.97 Å². The molecule has 1 amide bonds. The second-order valence-corrected chi connectivity index (χ2v) is 8.59. The number of methoxy groups -OCH3 is 1. The van der Waals surface area contributed by atoms with Crippen LogP contribution < -0.4 is 4.90 Å². The SMILES string of the molecule is COC(=O)C1=C(C)N(c2ccccc2)C(=O)/C1=C\c1cc(C)n(-c2ccc(Cl)cc2Cl)c1C. The zero-order valence-electron chi connectivity index (χ0n) is 18.6. The lowest BCUT2D eigenvalue weighted by Gasteiger charge is -2.17. The molecule has 0 unspecified atom stereocenters. The minimum atomic E-state index is -0.555. The number of carbonyl (C=O) groups is 2. The molecule has 0 saturated carbocycles. The van der Waals surface area contributed by atoms with Crippen LogP contribution >= 0.6 is 23.2 Å². The summed E-state index contributed by atoms with van der Waals surface area (Å²) in [7, 11) is 1.31. The molecule has 0 radical (unpaired) electrons. The number of nitrogens with zero attached hydrogens (tertiary/aromatic N) is 2. The minimum Gasteiger partial charge on any atom is -0.465 e. The molecular formula is C26H22Cl2N2O3. The Morgan fingerprint density at radius 3 is 2.33 bits per heavy atom. The van der Waals surface area contributed by atoms with Crippen molar-refractivity contribution in [3.8, 4) is 5.69 Å². The van der Waals surface area contributed by atoms with Crippen molar-refractivity contribution in [1.82, 2.24) is 4.57 Å². The van der Waals surface area contributed by atoms with Crippen LogP contribution in [0.4, 0.5) is 5.69 Å². The molecule has 7 heteroatoms. The molecule has 3 aromatic rings. The normalized spacial score (nSPS) is 15.0. The van der Waals surface area contributed by atoms with Gasteiger partial charge < -0.3 is 9.30 Å². The van der Waals surface area contributed by atoms with E-state index in [-0.39, 0.29) is 17.1 Å². The van der Waals surface area contributed by atoms with E-state index in [9.17, 15) is 9.59 Å². The standard InChI is InChI=1S/C26H22Cl2N2O3/c1-15-12-18(16(2)29(15)23-11-10-19(27)14-22(23)28)13-21-24(26(32)33-4)17(3)30(25(21)31)20-8-6-5-7-9-20/h5-14H,1-4H3/b21-13-. The summed E-state index contributed by atoms with van der Waals surface area (Å²) in [5, 5.41) is 1.07. The van der Waals surface area contributed by atoms with Gasteiger partial charge in [-0.25, -0.2) is 4.79 Å². The summed E-state index contributed by atoms with van der Waals surface area (Å²) < 4.78 is 7.00. The highest BCUT2D eigenvalue weighted by molar-refractivity contribution is 6.35. The third-order valence-corrected chi connectivity index (χ3v) is 6.26. The van der Waals surface area contributed by atoms with E-state index in [0.29, 0.717) is 21.4 Å². The van der Waals surface area contributed by atoms with E-state index in [1.807, 2.05) is 60.9 Å². The van der Waals surface area contributed by atoms with Gasteiger partial charge in [-0.2, -0.15) is 0 Å². The Morgan fingerprint density at radius 2 is 1.70 bits per heavy atom. The Hall–Kier alpha value is -3.28. The maximum Gasteiger partial charge on any atom is 0.340 e. The first kappa shape index (κ1) is 22.9. The highest BCUT2D eigenvalue weighted by atomic mass is 35.5. The van der Waals surface area contributed by atoms with Crippen LogP contribution in [0, 0.1) is 13.8 Å². The summed E-state index contributed by atoms with van der Waals surface area (Å²) in [4.78, 5) is 27.7. The minimum absolute atomic E-state index is 0.251. The molecule has 1 aromatic heterocycles. The Bertz CT molecular complexity index is 1340. The third kappa shape index (κ3) is 3.99. The molecule has 1 aliphatic rings. The number of ether oxygens (including phenoxy) is 1. The largest absolute Gasteiger partial charge is 0.465 e. The Labute approximate surface area is 202 Å². The third-order valence-electron chi connectivity index (χ3n) is 5.72. The van der Waals surface area contributed by atoms with Crippen molar-refractivity contribution in [2.24, 2.45) is 0 Å². The topological polar surface area (TPSA) is 51.5 Å². The molecule has 0 fully saturated rings. The van der Waals surface area contributed by atoms with Gasteiger partial charge in [0.25, 0.3) is 5.91 Å². The van der Waals surface area contributed by atoms with Crippen LogP contribution in [0.2, 0.25) is 10.0 Å². The Kier molecular flexibility index (Phi) is 6.19. The van der Waals surface area contributed by atoms with Crippen molar-refractivity contribution in [2.75, 3.05) is 12.0 Å². The number of benzene rings is 2. The van der Waals surface area contributed by atoms with Crippen molar-refractivity contribution in [3.05, 3.63) is 98.4 Å². The summed E-state index contributed by atoms with van der Waals surface area (Å²) >= 11 is 12.5. The molecule has 0 saturated heterocycles.